The zero-order chi connectivity index (χ0) is 22.8. The van der Waals surface area contributed by atoms with Crippen LogP contribution < -0.4 is 15.8 Å². The van der Waals surface area contributed by atoms with Crippen molar-refractivity contribution in [2.45, 2.75) is 39.0 Å². The largest absolute Gasteiger partial charge is 0.378 e. The molecule has 2 aliphatic rings. The van der Waals surface area contributed by atoms with Gasteiger partial charge >= 0.3 is 0 Å². The first-order valence-electron chi connectivity index (χ1n) is 11.4. The van der Waals surface area contributed by atoms with Gasteiger partial charge < -0.3 is 15.0 Å². The van der Waals surface area contributed by atoms with Gasteiger partial charge in [0.25, 0.3) is 5.56 Å². The molecule has 9 heteroatoms. The van der Waals surface area contributed by atoms with E-state index in [1.165, 1.54) is 28.9 Å². The minimum atomic E-state index is -0.190. The number of nitrogens with zero attached hydrogens (tertiary/aromatic N) is 3. The molecule has 2 N–H and O–H groups in total. The van der Waals surface area contributed by atoms with Gasteiger partial charge in [-0.05, 0) is 49.8 Å². The number of carbonyl (C=O) groups excluding carboxylic acids is 1. The van der Waals surface area contributed by atoms with Crippen molar-refractivity contribution < 1.29 is 9.53 Å². The van der Waals surface area contributed by atoms with E-state index in [2.05, 4.69) is 38.5 Å². The molecule has 0 bridgehead atoms. The van der Waals surface area contributed by atoms with E-state index in [0.717, 1.165) is 24.1 Å². The van der Waals surface area contributed by atoms with Crippen molar-refractivity contribution in [3.63, 3.8) is 0 Å². The molecule has 1 amide bonds. The van der Waals surface area contributed by atoms with Crippen molar-refractivity contribution in [3.8, 4) is 11.3 Å². The van der Waals surface area contributed by atoms with Crippen molar-refractivity contribution in [2.24, 2.45) is 0 Å². The fourth-order valence-electron chi connectivity index (χ4n) is 4.43. The van der Waals surface area contributed by atoms with Crippen LogP contribution in [0.5, 0.6) is 0 Å². The summed E-state index contributed by atoms with van der Waals surface area (Å²) in [6, 6.07) is 6.51. The molecule has 1 aliphatic carbocycles. The third-order valence-electron chi connectivity index (χ3n) is 6.27. The predicted molar refractivity (Wildman–Crippen MR) is 129 cm³/mol. The summed E-state index contributed by atoms with van der Waals surface area (Å²) in [6.45, 7) is 4.46. The molecule has 1 fully saturated rings. The first-order chi connectivity index (χ1) is 16.1. The Bertz CT molecular complexity index is 1230. The lowest BCUT2D eigenvalue weighted by Crippen LogP contribution is -2.38. The monoisotopic (exact) mass is 465 g/mol. The molecule has 5 rings (SSSR count). The number of carbonyl (C=O) groups is 1. The van der Waals surface area contributed by atoms with Crippen molar-refractivity contribution in [1.82, 2.24) is 15.0 Å². The number of ether oxygens (including phenoxy) is 1. The number of H-pyrrole nitrogens is 1. The number of benzene rings is 1. The van der Waals surface area contributed by atoms with Crippen molar-refractivity contribution in [1.29, 1.82) is 0 Å². The highest BCUT2D eigenvalue weighted by atomic mass is 32.1. The number of fused-ring (bicyclic) bond motifs is 1. The summed E-state index contributed by atoms with van der Waals surface area (Å²) in [5.74, 6) is 0.400. The smallest absolute Gasteiger partial charge is 0.255 e. The van der Waals surface area contributed by atoms with Crippen LogP contribution in [-0.4, -0.2) is 47.2 Å². The Morgan fingerprint density at radius 3 is 2.85 bits per heavy atom. The number of aromatic amines is 1. The second-order valence-corrected chi connectivity index (χ2v) is 9.33. The summed E-state index contributed by atoms with van der Waals surface area (Å²) >= 11 is 1.41. The van der Waals surface area contributed by atoms with Crippen LogP contribution in [0.4, 0.5) is 11.1 Å². The van der Waals surface area contributed by atoms with Gasteiger partial charge in [-0.1, -0.05) is 12.1 Å². The molecule has 3 heterocycles. The number of anilines is 2. The number of amides is 1. The van der Waals surface area contributed by atoms with Crippen LogP contribution in [0.2, 0.25) is 0 Å². The minimum absolute atomic E-state index is 0.166. The zero-order valence-electron chi connectivity index (χ0n) is 18.6. The molecule has 1 saturated heterocycles. The molecule has 0 spiro atoms. The number of aryl methyl sites for hydroxylation is 3. The molecule has 2 aromatic heterocycles. The van der Waals surface area contributed by atoms with Gasteiger partial charge in [0.05, 0.1) is 18.9 Å². The average molecular weight is 466 g/mol. The maximum absolute atomic E-state index is 12.6. The van der Waals surface area contributed by atoms with E-state index in [1.54, 1.807) is 0 Å². The SMILES string of the molecule is Cc1nc(N2CCOCC2)[nH]c(=O)c1CCC(=O)Nc1nc(-c2ccc3c(c2)CCC3)cs1. The summed E-state index contributed by atoms with van der Waals surface area (Å²) in [4.78, 5) is 39.2. The average Bonchev–Trinajstić information content (AvgIpc) is 3.48. The predicted octanol–water partition coefficient (Wildman–Crippen LogP) is 3.10. The van der Waals surface area contributed by atoms with E-state index >= 15 is 0 Å². The van der Waals surface area contributed by atoms with E-state index in [-0.39, 0.29) is 17.9 Å². The van der Waals surface area contributed by atoms with E-state index in [9.17, 15) is 9.59 Å². The number of thiazole rings is 1. The number of rotatable bonds is 6. The Balaban J connectivity index is 1.20. The van der Waals surface area contributed by atoms with Crippen LogP contribution in [0.15, 0.2) is 28.4 Å². The molecule has 0 saturated carbocycles. The molecular formula is C24H27N5O3S. The summed E-state index contributed by atoms with van der Waals surface area (Å²) in [7, 11) is 0. The van der Waals surface area contributed by atoms with Gasteiger partial charge in [-0.15, -0.1) is 11.3 Å². The maximum atomic E-state index is 12.6. The fourth-order valence-corrected chi connectivity index (χ4v) is 5.17. The van der Waals surface area contributed by atoms with Crippen molar-refractivity contribution in [2.75, 3.05) is 36.5 Å². The van der Waals surface area contributed by atoms with Crippen molar-refractivity contribution >= 4 is 28.3 Å². The van der Waals surface area contributed by atoms with Crippen LogP contribution in [-0.2, 0) is 28.8 Å². The molecule has 0 atom stereocenters. The van der Waals surface area contributed by atoms with E-state index < -0.39 is 0 Å². The highest BCUT2D eigenvalue weighted by molar-refractivity contribution is 7.14. The summed E-state index contributed by atoms with van der Waals surface area (Å²) in [5, 5.41) is 5.41. The lowest BCUT2D eigenvalue weighted by molar-refractivity contribution is -0.116. The van der Waals surface area contributed by atoms with Gasteiger partial charge in [-0.2, -0.15) is 0 Å². The fraction of sp³-hybridized carbons (Fsp3) is 0.417. The molecule has 3 aromatic rings. The van der Waals surface area contributed by atoms with Gasteiger partial charge in [-0.25, -0.2) is 9.97 Å². The Morgan fingerprint density at radius 1 is 1.21 bits per heavy atom. The number of hydrogen-bond acceptors (Lipinski definition) is 7. The Morgan fingerprint density at radius 2 is 2.03 bits per heavy atom. The molecule has 172 valence electrons. The molecule has 0 unspecified atom stereocenters. The number of aromatic nitrogens is 3. The van der Waals surface area contributed by atoms with Crippen LogP contribution in [0.25, 0.3) is 11.3 Å². The third-order valence-corrected chi connectivity index (χ3v) is 7.02. The quantitative estimate of drug-likeness (QED) is 0.580. The van der Waals surface area contributed by atoms with Crippen LogP contribution in [0.1, 0.15) is 35.2 Å². The first-order valence-corrected chi connectivity index (χ1v) is 12.2. The van der Waals surface area contributed by atoms with E-state index in [0.29, 0.717) is 55.1 Å². The highest BCUT2D eigenvalue weighted by Crippen LogP contribution is 2.30. The van der Waals surface area contributed by atoms with Gasteiger partial charge in [0.1, 0.15) is 0 Å². The zero-order valence-corrected chi connectivity index (χ0v) is 19.5. The normalized spacial score (nSPS) is 15.5. The molecule has 33 heavy (non-hydrogen) atoms. The second kappa shape index (κ2) is 9.44. The van der Waals surface area contributed by atoms with Gasteiger partial charge in [-0.3, -0.25) is 14.6 Å². The lowest BCUT2D eigenvalue weighted by Gasteiger charge is -2.27. The van der Waals surface area contributed by atoms with Crippen LogP contribution in [0.3, 0.4) is 0 Å². The Hall–Kier alpha value is -3.04. The lowest BCUT2D eigenvalue weighted by atomic mass is 10.1. The summed E-state index contributed by atoms with van der Waals surface area (Å²) in [6.07, 6.45) is 4.01. The molecule has 1 aliphatic heterocycles. The van der Waals surface area contributed by atoms with Gasteiger partial charge in [0, 0.05) is 41.7 Å². The minimum Gasteiger partial charge on any atom is -0.378 e. The van der Waals surface area contributed by atoms with Gasteiger partial charge in [0.15, 0.2) is 5.13 Å². The first kappa shape index (κ1) is 21.8. The number of hydrogen-bond donors (Lipinski definition) is 2. The standard InChI is InChI=1S/C24H27N5O3S/c1-15-19(22(31)28-23(25-15)29-9-11-32-12-10-29)7-8-21(30)27-24-26-20(14-33-24)18-6-5-16-3-2-4-17(16)13-18/h5-6,13-14H,2-4,7-12H2,1H3,(H,25,28,31)(H,26,27,30). The van der Waals surface area contributed by atoms with Crippen LogP contribution >= 0.6 is 11.3 Å². The topological polar surface area (TPSA) is 100 Å². The molecule has 1 aromatic carbocycles. The van der Waals surface area contributed by atoms with E-state index in [4.69, 9.17) is 4.74 Å². The number of morpholine rings is 1. The summed E-state index contributed by atoms with van der Waals surface area (Å²) in [5.41, 5.74) is 5.80. The summed E-state index contributed by atoms with van der Waals surface area (Å²) < 4.78 is 5.35. The van der Waals surface area contributed by atoms with E-state index in [1.807, 2.05) is 17.2 Å². The number of nitrogens with one attached hydrogen (secondary N) is 2. The van der Waals surface area contributed by atoms with Gasteiger partial charge in [0.2, 0.25) is 11.9 Å². The molecular weight excluding hydrogens is 438 g/mol. The third kappa shape index (κ3) is 4.84. The van der Waals surface area contributed by atoms with Crippen molar-refractivity contribution in [3.05, 3.63) is 56.3 Å². The Kier molecular flexibility index (Phi) is 6.24. The molecule has 8 nitrogen and oxygen atoms in total. The maximum Gasteiger partial charge on any atom is 0.255 e. The Labute approximate surface area is 196 Å². The highest BCUT2D eigenvalue weighted by Gasteiger charge is 2.17. The second-order valence-electron chi connectivity index (χ2n) is 8.48. The van der Waals surface area contributed by atoms with Crippen LogP contribution in [0, 0.1) is 6.92 Å². The molecule has 0 radical (unpaired) electrons.